The number of anilines is 2. The molecule has 0 radical (unpaired) electrons. The van der Waals surface area contributed by atoms with E-state index in [2.05, 4.69) is 50.6 Å². The summed E-state index contributed by atoms with van der Waals surface area (Å²) in [4.78, 5) is 35.9. The van der Waals surface area contributed by atoms with Gasteiger partial charge in [0, 0.05) is 43.6 Å². The van der Waals surface area contributed by atoms with Gasteiger partial charge in [0.25, 0.3) is 5.91 Å². The van der Waals surface area contributed by atoms with Crippen LogP contribution in [0.1, 0.15) is 27.0 Å². The Labute approximate surface area is 219 Å². The fourth-order valence-electron chi connectivity index (χ4n) is 4.05. The minimum atomic E-state index is -0.328. The van der Waals surface area contributed by atoms with Gasteiger partial charge in [-0.15, -0.1) is 0 Å². The zero-order valence-corrected chi connectivity index (χ0v) is 21.9. The van der Waals surface area contributed by atoms with Crippen molar-refractivity contribution >= 4 is 46.4 Å². The number of urea groups is 1. The standard InChI is InChI=1S/C26H28IN5O3/c1-19-6-11-23(17-20(19)2)30-13-15-31(16-14-30)26(34)32(24-5-3-4-12-28-24)18-21-7-9-22(10-8-21)25(33)29-35-27/h3-12,17H,13-16,18H2,1-2H3,(H,29,33). The molecule has 182 valence electrons. The lowest BCUT2D eigenvalue weighted by Crippen LogP contribution is -2.53. The number of carbonyl (C=O) groups is 2. The number of halogens is 1. The third kappa shape index (κ3) is 6.09. The van der Waals surface area contributed by atoms with Crippen molar-refractivity contribution in [2.24, 2.45) is 0 Å². The Bertz CT molecular complexity index is 1170. The minimum Gasteiger partial charge on any atom is -0.368 e. The smallest absolute Gasteiger partial charge is 0.326 e. The molecular formula is C26H28IN5O3. The molecule has 1 fully saturated rings. The summed E-state index contributed by atoms with van der Waals surface area (Å²) in [6, 6.07) is 19.1. The second-order valence-corrected chi connectivity index (χ2v) is 8.94. The number of rotatable bonds is 6. The van der Waals surface area contributed by atoms with Crippen molar-refractivity contribution in [2.75, 3.05) is 36.0 Å². The highest BCUT2D eigenvalue weighted by molar-refractivity contribution is 14.1. The lowest BCUT2D eigenvalue weighted by atomic mass is 10.1. The van der Waals surface area contributed by atoms with Crippen LogP contribution in [0.5, 0.6) is 0 Å². The third-order valence-electron chi connectivity index (χ3n) is 6.25. The van der Waals surface area contributed by atoms with E-state index in [9.17, 15) is 9.59 Å². The van der Waals surface area contributed by atoms with E-state index in [0.29, 0.717) is 31.0 Å². The van der Waals surface area contributed by atoms with Crippen LogP contribution in [0.2, 0.25) is 0 Å². The van der Waals surface area contributed by atoms with Crippen LogP contribution in [0.15, 0.2) is 66.9 Å². The summed E-state index contributed by atoms with van der Waals surface area (Å²) < 4.78 is 4.66. The molecule has 1 aromatic heterocycles. The molecule has 0 spiro atoms. The number of nitrogens with zero attached hydrogens (tertiary/aromatic N) is 4. The number of carbonyl (C=O) groups excluding carboxylic acids is 2. The van der Waals surface area contributed by atoms with Gasteiger partial charge in [-0.1, -0.05) is 24.3 Å². The topological polar surface area (TPSA) is 78.0 Å². The number of aromatic nitrogens is 1. The van der Waals surface area contributed by atoms with Crippen molar-refractivity contribution in [1.29, 1.82) is 0 Å². The molecule has 9 heteroatoms. The number of piperazine rings is 1. The van der Waals surface area contributed by atoms with Crippen LogP contribution in [-0.2, 0) is 9.71 Å². The van der Waals surface area contributed by atoms with Gasteiger partial charge in [0.05, 0.1) is 6.54 Å². The second-order valence-electron chi connectivity index (χ2n) is 8.50. The number of benzene rings is 2. The molecule has 1 N–H and O–H groups in total. The zero-order valence-electron chi connectivity index (χ0n) is 19.8. The lowest BCUT2D eigenvalue weighted by molar-refractivity contribution is 0.0829. The van der Waals surface area contributed by atoms with Crippen LogP contribution in [0.3, 0.4) is 0 Å². The Hall–Kier alpha value is -3.18. The first-order valence-electron chi connectivity index (χ1n) is 11.4. The van der Waals surface area contributed by atoms with Crippen LogP contribution in [0.4, 0.5) is 16.3 Å². The highest BCUT2D eigenvalue weighted by atomic mass is 127. The maximum Gasteiger partial charge on any atom is 0.326 e. The summed E-state index contributed by atoms with van der Waals surface area (Å²) in [5, 5.41) is 0. The fourth-order valence-corrected chi connectivity index (χ4v) is 4.25. The van der Waals surface area contributed by atoms with Gasteiger partial charge in [0.2, 0.25) is 0 Å². The molecule has 4 rings (SSSR count). The van der Waals surface area contributed by atoms with Gasteiger partial charge in [-0.05, 0) is 66.9 Å². The molecule has 1 aliphatic rings. The molecule has 3 aromatic rings. The van der Waals surface area contributed by atoms with Crippen LogP contribution in [0, 0.1) is 13.8 Å². The van der Waals surface area contributed by atoms with Gasteiger partial charge in [0.15, 0.2) is 0 Å². The van der Waals surface area contributed by atoms with Crippen LogP contribution in [-0.4, -0.2) is 48.0 Å². The van der Waals surface area contributed by atoms with Crippen molar-refractivity contribution in [3.8, 4) is 0 Å². The summed E-state index contributed by atoms with van der Waals surface area (Å²) in [6.07, 6.45) is 1.69. The van der Waals surface area contributed by atoms with Gasteiger partial charge in [-0.3, -0.25) is 9.69 Å². The van der Waals surface area contributed by atoms with Crippen molar-refractivity contribution in [1.82, 2.24) is 15.4 Å². The molecule has 0 bridgehead atoms. The van der Waals surface area contributed by atoms with Crippen LogP contribution >= 0.6 is 23.0 Å². The van der Waals surface area contributed by atoms with E-state index in [-0.39, 0.29) is 11.9 Å². The molecule has 2 aromatic carbocycles. The van der Waals surface area contributed by atoms with Gasteiger partial charge < -0.3 is 9.80 Å². The average Bonchev–Trinajstić information content (AvgIpc) is 2.89. The summed E-state index contributed by atoms with van der Waals surface area (Å²) in [6.45, 7) is 7.38. The predicted octanol–water partition coefficient (Wildman–Crippen LogP) is 4.66. The van der Waals surface area contributed by atoms with Crippen LogP contribution in [0.25, 0.3) is 0 Å². The summed E-state index contributed by atoms with van der Waals surface area (Å²) in [5.41, 5.74) is 7.40. The number of hydroxylamine groups is 1. The van der Waals surface area contributed by atoms with Crippen LogP contribution < -0.4 is 15.3 Å². The first-order chi connectivity index (χ1) is 17.0. The number of hydrogen-bond acceptors (Lipinski definition) is 5. The van der Waals surface area contributed by atoms with Crippen molar-refractivity contribution < 1.29 is 12.8 Å². The zero-order chi connectivity index (χ0) is 24.8. The van der Waals surface area contributed by atoms with Gasteiger partial charge in [0.1, 0.15) is 28.8 Å². The molecule has 0 saturated carbocycles. The normalized spacial score (nSPS) is 13.5. The van der Waals surface area contributed by atoms with Crippen molar-refractivity contribution in [3.63, 3.8) is 0 Å². The Morgan fingerprint density at radius 3 is 2.37 bits per heavy atom. The van der Waals surface area contributed by atoms with Gasteiger partial charge in [-0.2, -0.15) is 0 Å². The molecule has 2 heterocycles. The van der Waals surface area contributed by atoms with E-state index in [1.54, 1.807) is 46.2 Å². The Balaban J connectivity index is 1.47. The molecule has 1 aliphatic heterocycles. The van der Waals surface area contributed by atoms with E-state index in [1.807, 2.05) is 35.2 Å². The summed E-state index contributed by atoms with van der Waals surface area (Å²) >= 11 is 1.60. The van der Waals surface area contributed by atoms with E-state index < -0.39 is 0 Å². The molecule has 1 saturated heterocycles. The number of nitrogens with one attached hydrogen (secondary N) is 1. The highest BCUT2D eigenvalue weighted by Crippen LogP contribution is 2.22. The summed E-state index contributed by atoms with van der Waals surface area (Å²) in [7, 11) is 0. The number of pyridine rings is 1. The largest absolute Gasteiger partial charge is 0.368 e. The quantitative estimate of drug-likeness (QED) is 0.337. The highest BCUT2D eigenvalue weighted by Gasteiger charge is 2.27. The van der Waals surface area contributed by atoms with Crippen molar-refractivity contribution in [3.05, 3.63) is 89.1 Å². The van der Waals surface area contributed by atoms with E-state index in [0.717, 1.165) is 18.7 Å². The van der Waals surface area contributed by atoms with E-state index in [1.165, 1.54) is 16.8 Å². The Morgan fingerprint density at radius 2 is 1.74 bits per heavy atom. The second kappa shape index (κ2) is 11.5. The molecule has 8 nitrogen and oxygen atoms in total. The summed E-state index contributed by atoms with van der Waals surface area (Å²) in [5.74, 6) is 0.263. The third-order valence-corrected chi connectivity index (χ3v) is 6.47. The first-order valence-corrected chi connectivity index (χ1v) is 12.3. The maximum atomic E-state index is 13.6. The molecular weight excluding hydrogens is 557 g/mol. The SMILES string of the molecule is Cc1ccc(N2CCN(C(=O)N(Cc3ccc(C(=O)NOI)cc3)c3ccccn3)CC2)cc1C. The Morgan fingerprint density at radius 1 is 1.00 bits per heavy atom. The predicted molar refractivity (Wildman–Crippen MR) is 145 cm³/mol. The number of amides is 3. The van der Waals surface area contributed by atoms with Gasteiger partial charge in [-0.25, -0.2) is 18.4 Å². The fraction of sp³-hybridized carbons (Fsp3) is 0.269. The lowest BCUT2D eigenvalue weighted by Gasteiger charge is -2.38. The average molecular weight is 585 g/mol. The molecule has 35 heavy (non-hydrogen) atoms. The Kier molecular flexibility index (Phi) is 8.19. The first kappa shape index (κ1) is 24.9. The monoisotopic (exact) mass is 585 g/mol. The maximum absolute atomic E-state index is 13.6. The number of hydrogen-bond donors (Lipinski definition) is 1. The molecule has 0 unspecified atom stereocenters. The molecule has 0 aliphatic carbocycles. The van der Waals surface area contributed by atoms with E-state index in [4.69, 9.17) is 0 Å². The minimum absolute atomic E-state index is 0.0800. The van der Waals surface area contributed by atoms with Crippen molar-refractivity contribution in [2.45, 2.75) is 20.4 Å². The van der Waals surface area contributed by atoms with E-state index >= 15 is 0 Å². The number of aryl methyl sites for hydroxylation is 2. The molecule has 3 amide bonds. The van der Waals surface area contributed by atoms with Gasteiger partial charge >= 0.3 is 6.03 Å². The molecule has 0 atom stereocenters.